The SMILES string of the molecule is Cc1cc(Oc2c(C3CC3)nn(Cc3cncnc3)c2C2CC2)cc(C)c1C#N. The average molecular weight is 385 g/mol. The van der Waals surface area contributed by atoms with E-state index >= 15 is 0 Å². The lowest BCUT2D eigenvalue weighted by Crippen LogP contribution is -2.07. The van der Waals surface area contributed by atoms with Crippen LogP contribution in [0.3, 0.4) is 0 Å². The highest BCUT2D eigenvalue weighted by Crippen LogP contribution is 2.52. The molecule has 146 valence electrons. The number of nitriles is 1. The normalized spacial score (nSPS) is 15.9. The van der Waals surface area contributed by atoms with Crippen LogP contribution in [0.2, 0.25) is 0 Å². The standard InChI is InChI=1S/C23H23N5O/c1-14-7-19(8-15(2)20(14)9-24)29-23-21(17-3-4-17)27-28(22(23)18-5-6-18)12-16-10-25-13-26-11-16/h7-8,10-11,13,17-18H,3-6,12H2,1-2H3. The lowest BCUT2D eigenvalue weighted by molar-refractivity contribution is 0.467. The van der Waals surface area contributed by atoms with Crippen LogP contribution in [-0.2, 0) is 6.54 Å². The molecule has 2 fully saturated rings. The van der Waals surface area contributed by atoms with E-state index in [2.05, 4.69) is 20.7 Å². The Kier molecular flexibility index (Phi) is 4.31. The summed E-state index contributed by atoms with van der Waals surface area (Å²) >= 11 is 0. The first-order chi connectivity index (χ1) is 14.1. The van der Waals surface area contributed by atoms with Crippen LogP contribution in [-0.4, -0.2) is 19.7 Å². The van der Waals surface area contributed by atoms with Crippen molar-refractivity contribution < 1.29 is 4.74 Å². The zero-order valence-corrected chi connectivity index (χ0v) is 16.7. The molecule has 0 spiro atoms. The van der Waals surface area contributed by atoms with Crippen molar-refractivity contribution in [3.05, 3.63) is 64.5 Å². The first kappa shape index (κ1) is 17.9. The minimum atomic E-state index is 0.483. The molecular weight excluding hydrogens is 362 g/mol. The second-order valence-electron chi connectivity index (χ2n) is 8.20. The molecule has 2 saturated carbocycles. The lowest BCUT2D eigenvalue weighted by atomic mass is 10.0. The zero-order chi connectivity index (χ0) is 20.0. The molecule has 1 aromatic carbocycles. The van der Waals surface area contributed by atoms with Crippen molar-refractivity contribution in [1.29, 1.82) is 5.26 Å². The molecule has 0 bridgehead atoms. The molecule has 0 unspecified atom stereocenters. The van der Waals surface area contributed by atoms with Crippen LogP contribution in [0.15, 0.2) is 30.9 Å². The molecule has 0 saturated heterocycles. The molecule has 29 heavy (non-hydrogen) atoms. The number of rotatable bonds is 6. The highest BCUT2D eigenvalue weighted by atomic mass is 16.5. The Morgan fingerprint density at radius 3 is 2.31 bits per heavy atom. The smallest absolute Gasteiger partial charge is 0.172 e. The number of ether oxygens (including phenoxy) is 1. The van der Waals surface area contributed by atoms with Gasteiger partial charge < -0.3 is 4.74 Å². The van der Waals surface area contributed by atoms with Gasteiger partial charge in [0.2, 0.25) is 0 Å². The predicted octanol–water partition coefficient (Wildman–Crippen LogP) is 4.76. The molecule has 5 rings (SSSR count). The summed E-state index contributed by atoms with van der Waals surface area (Å²) in [6.45, 7) is 4.57. The van der Waals surface area contributed by atoms with Crippen LogP contribution in [0, 0.1) is 25.2 Å². The maximum absolute atomic E-state index is 9.36. The van der Waals surface area contributed by atoms with Gasteiger partial charge in [0, 0.05) is 29.8 Å². The Hall–Kier alpha value is -3.20. The molecule has 3 aromatic rings. The van der Waals surface area contributed by atoms with Crippen LogP contribution in [0.5, 0.6) is 11.5 Å². The molecule has 6 heteroatoms. The van der Waals surface area contributed by atoms with E-state index in [0.29, 0.717) is 18.4 Å². The van der Waals surface area contributed by atoms with E-state index in [1.165, 1.54) is 18.5 Å². The molecule has 2 heterocycles. The highest BCUT2D eigenvalue weighted by molar-refractivity contribution is 5.51. The fourth-order valence-electron chi connectivity index (χ4n) is 3.94. The number of benzene rings is 1. The number of aromatic nitrogens is 4. The molecule has 2 aliphatic rings. The summed E-state index contributed by atoms with van der Waals surface area (Å²) in [5, 5.41) is 14.3. The zero-order valence-electron chi connectivity index (χ0n) is 16.7. The van der Waals surface area contributed by atoms with E-state index in [4.69, 9.17) is 9.84 Å². The highest BCUT2D eigenvalue weighted by Gasteiger charge is 2.38. The summed E-state index contributed by atoms with van der Waals surface area (Å²) < 4.78 is 8.60. The molecular formula is C23H23N5O. The average Bonchev–Trinajstić information content (AvgIpc) is 3.62. The summed E-state index contributed by atoms with van der Waals surface area (Å²) in [7, 11) is 0. The third-order valence-corrected chi connectivity index (χ3v) is 5.68. The summed E-state index contributed by atoms with van der Waals surface area (Å²) in [6.07, 6.45) is 9.90. The third-order valence-electron chi connectivity index (χ3n) is 5.68. The van der Waals surface area contributed by atoms with E-state index < -0.39 is 0 Å². The van der Waals surface area contributed by atoms with E-state index in [1.807, 2.05) is 38.4 Å². The molecule has 0 atom stereocenters. The Morgan fingerprint density at radius 1 is 1.07 bits per heavy atom. The molecule has 0 aliphatic heterocycles. The van der Waals surface area contributed by atoms with Crippen LogP contribution in [0.25, 0.3) is 0 Å². The number of aryl methyl sites for hydroxylation is 2. The van der Waals surface area contributed by atoms with E-state index in [0.717, 1.165) is 52.3 Å². The fraction of sp³-hybridized carbons (Fsp3) is 0.391. The minimum Gasteiger partial charge on any atom is -0.453 e. The van der Waals surface area contributed by atoms with Crippen molar-refractivity contribution in [2.75, 3.05) is 0 Å². The number of nitrogens with zero attached hydrogens (tertiary/aromatic N) is 5. The fourth-order valence-corrected chi connectivity index (χ4v) is 3.94. The van der Waals surface area contributed by atoms with Crippen LogP contribution < -0.4 is 4.74 Å². The summed E-state index contributed by atoms with van der Waals surface area (Å²) in [5.74, 6) is 2.69. The van der Waals surface area contributed by atoms with Gasteiger partial charge in [0.05, 0.1) is 23.9 Å². The van der Waals surface area contributed by atoms with Gasteiger partial charge in [-0.15, -0.1) is 0 Å². The molecule has 6 nitrogen and oxygen atoms in total. The molecule has 2 aromatic heterocycles. The van der Waals surface area contributed by atoms with Gasteiger partial charge in [-0.3, -0.25) is 4.68 Å². The Bertz CT molecular complexity index is 1080. The van der Waals surface area contributed by atoms with E-state index in [-0.39, 0.29) is 0 Å². The van der Waals surface area contributed by atoms with Gasteiger partial charge in [0.1, 0.15) is 17.8 Å². The van der Waals surface area contributed by atoms with Crippen molar-refractivity contribution >= 4 is 0 Å². The van der Waals surface area contributed by atoms with Crippen molar-refractivity contribution in [3.63, 3.8) is 0 Å². The molecule has 0 radical (unpaired) electrons. The van der Waals surface area contributed by atoms with Gasteiger partial charge in [0.15, 0.2) is 5.75 Å². The second kappa shape index (κ2) is 7.00. The molecule has 0 N–H and O–H groups in total. The summed E-state index contributed by atoms with van der Waals surface area (Å²) in [4.78, 5) is 8.28. The van der Waals surface area contributed by atoms with Gasteiger partial charge in [-0.2, -0.15) is 10.4 Å². The minimum absolute atomic E-state index is 0.483. The van der Waals surface area contributed by atoms with Crippen LogP contribution in [0.1, 0.15) is 71.2 Å². The first-order valence-corrected chi connectivity index (χ1v) is 10.2. The van der Waals surface area contributed by atoms with E-state index in [9.17, 15) is 5.26 Å². The Balaban J connectivity index is 1.56. The van der Waals surface area contributed by atoms with Gasteiger partial charge in [0.25, 0.3) is 0 Å². The van der Waals surface area contributed by atoms with Crippen molar-refractivity contribution in [1.82, 2.24) is 19.7 Å². The van der Waals surface area contributed by atoms with E-state index in [1.54, 1.807) is 6.33 Å². The summed E-state index contributed by atoms with van der Waals surface area (Å²) in [5.41, 5.74) is 5.91. The largest absolute Gasteiger partial charge is 0.453 e. The van der Waals surface area contributed by atoms with Crippen molar-refractivity contribution in [2.24, 2.45) is 0 Å². The first-order valence-electron chi connectivity index (χ1n) is 10.2. The Morgan fingerprint density at radius 2 is 1.72 bits per heavy atom. The van der Waals surface area contributed by atoms with Gasteiger partial charge in [-0.05, 0) is 62.8 Å². The molecule has 0 amide bonds. The topological polar surface area (TPSA) is 76.6 Å². The monoisotopic (exact) mass is 385 g/mol. The predicted molar refractivity (Wildman–Crippen MR) is 108 cm³/mol. The quantitative estimate of drug-likeness (QED) is 0.611. The van der Waals surface area contributed by atoms with Gasteiger partial charge >= 0.3 is 0 Å². The summed E-state index contributed by atoms with van der Waals surface area (Å²) in [6, 6.07) is 6.20. The lowest BCUT2D eigenvalue weighted by Gasteiger charge is -2.12. The maximum Gasteiger partial charge on any atom is 0.172 e. The van der Waals surface area contributed by atoms with Crippen molar-refractivity contribution in [2.45, 2.75) is 57.9 Å². The second-order valence-corrected chi connectivity index (χ2v) is 8.20. The Labute approximate surface area is 170 Å². The van der Waals surface area contributed by atoms with Gasteiger partial charge in [-0.25, -0.2) is 9.97 Å². The van der Waals surface area contributed by atoms with Crippen molar-refractivity contribution in [3.8, 4) is 17.6 Å². The van der Waals surface area contributed by atoms with Crippen LogP contribution in [0.4, 0.5) is 0 Å². The maximum atomic E-state index is 9.36. The molecule has 2 aliphatic carbocycles. The van der Waals surface area contributed by atoms with Crippen LogP contribution >= 0.6 is 0 Å². The third kappa shape index (κ3) is 3.49. The number of hydrogen-bond acceptors (Lipinski definition) is 5. The van der Waals surface area contributed by atoms with Gasteiger partial charge in [-0.1, -0.05) is 0 Å². The number of hydrogen-bond donors (Lipinski definition) is 0.